The van der Waals surface area contributed by atoms with Crippen molar-refractivity contribution in [3.63, 3.8) is 0 Å². The molecule has 0 saturated carbocycles. The molecule has 0 unspecified atom stereocenters. The second-order valence-electron chi connectivity index (χ2n) is 4.31. The van der Waals surface area contributed by atoms with E-state index in [1.807, 2.05) is 24.3 Å². The van der Waals surface area contributed by atoms with E-state index in [4.69, 9.17) is 5.73 Å². The second kappa shape index (κ2) is 6.91. The Balaban J connectivity index is 2.70. The van der Waals surface area contributed by atoms with Gasteiger partial charge in [-0.05, 0) is 24.5 Å². The molecule has 0 aliphatic heterocycles. The second-order valence-corrected chi connectivity index (χ2v) is 4.31. The smallest absolute Gasteiger partial charge is 0.220 e. The summed E-state index contributed by atoms with van der Waals surface area (Å²) in [5.74, 6) is -0.131. The van der Waals surface area contributed by atoms with Crippen molar-refractivity contribution in [2.24, 2.45) is 5.73 Å². The maximum absolute atomic E-state index is 11.5. The molecule has 0 heterocycles. The summed E-state index contributed by atoms with van der Waals surface area (Å²) in [5.41, 5.74) is 7.59. The van der Waals surface area contributed by atoms with Crippen LogP contribution >= 0.6 is 0 Å². The van der Waals surface area contributed by atoms with Gasteiger partial charge in [0.25, 0.3) is 0 Å². The normalized spacial score (nSPS) is 11.9. The minimum atomic E-state index is -0.443. The lowest BCUT2D eigenvalue weighted by atomic mass is 10.0. The third kappa shape index (κ3) is 4.30. The van der Waals surface area contributed by atoms with E-state index >= 15 is 0 Å². The Labute approximate surface area is 108 Å². The third-order valence-electron chi connectivity index (χ3n) is 2.85. The van der Waals surface area contributed by atoms with Crippen LogP contribution in [0, 0.1) is 0 Å². The summed E-state index contributed by atoms with van der Waals surface area (Å²) < 4.78 is 0. The first-order valence-electron chi connectivity index (χ1n) is 6.14. The Morgan fingerprint density at radius 1 is 1.22 bits per heavy atom. The Morgan fingerprint density at radius 2 is 1.78 bits per heavy atom. The van der Waals surface area contributed by atoms with Crippen LogP contribution in [0.15, 0.2) is 24.3 Å². The summed E-state index contributed by atoms with van der Waals surface area (Å²) in [6.45, 7) is 3.76. The first-order chi connectivity index (χ1) is 8.56. The highest BCUT2D eigenvalue weighted by Gasteiger charge is 2.16. The van der Waals surface area contributed by atoms with Gasteiger partial charge in [-0.2, -0.15) is 0 Å². The molecule has 98 valence electrons. The summed E-state index contributed by atoms with van der Waals surface area (Å²) in [6.07, 6.45) is 0.905. The van der Waals surface area contributed by atoms with Gasteiger partial charge >= 0.3 is 0 Å². The van der Waals surface area contributed by atoms with Gasteiger partial charge in [-0.3, -0.25) is 9.59 Å². The lowest BCUT2D eigenvalue weighted by molar-refractivity contribution is -0.126. The van der Waals surface area contributed by atoms with E-state index in [1.165, 1.54) is 6.92 Å². The number of carbonyl (C=O) groups is 2. The maximum atomic E-state index is 11.5. The van der Waals surface area contributed by atoms with Crippen LogP contribution in [-0.4, -0.2) is 17.7 Å². The molecular formula is C14H20N2O2. The molecule has 4 heteroatoms. The molecule has 1 amide bonds. The number of benzene rings is 1. The van der Waals surface area contributed by atoms with Crippen molar-refractivity contribution in [2.45, 2.75) is 39.3 Å². The van der Waals surface area contributed by atoms with Crippen molar-refractivity contribution >= 4 is 11.7 Å². The predicted molar refractivity (Wildman–Crippen MR) is 70.9 cm³/mol. The molecule has 0 aliphatic carbocycles. The summed E-state index contributed by atoms with van der Waals surface area (Å²) in [5, 5.41) is 2.73. The standard InChI is InChI=1S/C14H20N2O2/c1-3-14(18)16-13(10(2)17)8-11-4-6-12(9-15)7-5-11/h4-7,13H,3,8-9,15H2,1-2H3,(H,16,18)/t13-/m1/s1. The van der Waals surface area contributed by atoms with Gasteiger partial charge in [-0.25, -0.2) is 0 Å². The zero-order valence-corrected chi connectivity index (χ0v) is 10.9. The van der Waals surface area contributed by atoms with Crippen molar-refractivity contribution in [3.8, 4) is 0 Å². The zero-order chi connectivity index (χ0) is 13.5. The lowest BCUT2D eigenvalue weighted by Gasteiger charge is -2.15. The highest BCUT2D eigenvalue weighted by atomic mass is 16.2. The Bertz CT molecular complexity index is 412. The number of hydrogen-bond acceptors (Lipinski definition) is 3. The van der Waals surface area contributed by atoms with E-state index in [1.54, 1.807) is 6.92 Å². The number of nitrogens with two attached hydrogens (primary N) is 1. The minimum Gasteiger partial charge on any atom is -0.346 e. The molecule has 1 aromatic carbocycles. The number of amides is 1. The van der Waals surface area contributed by atoms with E-state index in [0.29, 0.717) is 19.4 Å². The van der Waals surface area contributed by atoms with E-state index in [0.717, 1.165) is 11.1 Å². The number of hydrogen-bond donors (Lipinski definition) is 2. The summed E-state index contributed by atoms with van der Waals surface area (Å²) >= 11 is 0. The van der Waals surface area contributed by atoms with Crippen LogP contribution in [0.5, 0.6) is 0 Å². The van der Waals surface area contributed by atoms with Gasteiger partial charge in [0.15, 0.2) is 5.78 Å². The Hall–Kier alpha value is -1.68. The molecule has 0 aromatic heterocycles. The molecule has 0 saturated heterocycles. The summed E-state index contributed by atoms with van der Waals surface area (Å²) in [7, 11) is 0. The first kappa shape index (κ1) is 14.4. The van der Waals surface area contributed by atoms with Gasteiger partial charge < -0.3 is 11.1 Å². The van der Waals surface area contributed by atoms with Gasteiger partial charge in [-0.15, -0.1) is 0 Å². The number of nitrogens with one attached hydrogen (secondary N) is 1. The van der Waals surface area contributed by atoms with E-state index in [9.17, 15) is 9.59 Å². The van der Waals surface area contributed by atoms with E-state index in [-0.39, 0.29) is 11.7 Å². The molecule has 0 bridgehead atoms. The average Bonchev–Trinajstić information content (AvgIpc) is 2.38. The fourth-order valence-corrected chi connectivity index (χ4v) is 1.64. The molecule has 1 atom stereocenters. The quantitative estimate of drug-likeness (QED) is 0.793. The van der Waals surface area contributed by atoms with Crippen LogP contribution in [0.2, 0.25) is 0 Å². The van der Waals surface area contributed by atoms with Crippen LogP contribution in [0.25, 0.3) is 0 Å². The molecule has 0 fully saturated rings. The van der Waals surface area contributed by atoms with Crippen molar-refractivity contribution in [2.75, 3.05) is 0 Å². The fourth-order valence-electron chi connectivity index (χ4n) is 1.64. The molecule has 18 heavy (non-hydrogen) atoms. The first-order valence-corrected chi connectivity index (χ1v) is 6.14. The Kier molecular flexibility index (Phi) is 5.52. The van der Waals surface area contributed by atoms with Gasteiger partial charge in [0, 0.05) is 13.0 Å². The van der Waals surface area contributed by atoms with Gasteiger partial charge in [-0.1, -0.05) is 31.2 Å². The van der Waals surface area contributed by atoms with Gasteiger partial charge in [0.05, 0.1) is 6.04 Å². The van der Waals surface area contributed by atoms with Crippen molar-refractivity contribution in [1.29, 1.82) is 0 Å². The lowest BCUT2D eigenvalue weighted by Crippen LogP contribution is -2.40. The van der Waals surface area contributed by atoms with Crippen molar-refractivity contribution in [1.82, 2.24) is 5.32 Å². The highest BCUT2D eigenvalue weighted by Crippen LogP contribution is 2.07. The van der Waals surface area contributed by atoms with Gasteiger partial charge in [0.2, 0.25) is 5.91 Å². The van der Waals surface area contributed by atoms with Crippen molar-refractivity contribution in [3.05, 3.63) is 35.4 Å². The topological polar surface area (TPSA) is 72.2 Å². The third-order valence-corrected chi connectivity index (χ3v) is 2.85. The molecule has 1 rings (SSSR count). The zero-order valence-electron chi connectivity index (χ0n) is 10.9. The van der Waals surface area contributed by atoms with Crippen LogP contribution in [0.3, 0.4) is 0 Å². The molecular weight excluding hydrogens is 228 g/mol. The maximum Gasteiger partial charge on any atom is 0.220 e. The van der Waals surface area contributed by atoms with Crippen LogP contribution in [0.4, 0.5) is 0 Å². The monoisotopic (exact) mass is 248 g/mol. The van der Waals surface area contributed by atoms with Crippen LogP contribution in [-0.2, 0) is 22.6 Å². The van der Waals surface area contributed by atoms with Crippen LogP contribution < -0.4 is 11.1 Å². The molecule has 0 radical (unpaired) electrons. The highest BCUT2D eigenvalue weighted by molar-refractivity contribution is 5.87. The predicted octanol–water partition coefficient (Wildman–Crippen LogP) is 1.17. The van der Waals surface area contributed by atoms with E-state index < -0.39 is 6.04 Å². The number of carbonyl (C=O) groups excluding carboxylic acids is 2. The van der Waals surface area contributed by atoms with Gasteiger partial charge in [0.1, 0.15) is 0 Å². The summed E-state index contributed by atoms with van der Waals surface area (Å²) in [6, 6.07) is 7.32. The minimum absolute atomic E-state index is 0.0281. The molecule has 4 nitrogen and oxygen atoms in total. The molecule has 3 N–H and O–H groups in total. The molecule has 1 aromatic rings. The van der Waals surface area contributed by atoms with E-state index in [2.05, 4.69) is 5.32 Å². The number of Topliss-reactive ketones (excluding diaryl/α,β-unsaturated/α-hetero) is 1. The van der Waals surface area contributed by atoms with Crippen molar-refractivity contribution < 1.29 is 9.59 Å². The molecule has 0 aliphatic rings. The fraction of sp³-hybridized carbons (Fsp3) is 0.429. The number of ketones is 1. The average molecular weight is 248 g/mol. The summed E-state index contributed by atoms with van der Waals surface area (Å²) in [4.78, 5) is 22.8. The largest absolute Gasteiger partial charge is 0.346 e. The SMILES string of the molecule is CCC(=O)N[C@H](Cc1ccc(CN)cc1)C(C)=O. The van der Waals surface area contributed by atoms with Crippen LogP contribution in [0.1, 0.15) is 31.4 Å². The Morgan fingerprint density at radius 3 is 2.22 bits per heavy atom. The molecule has 0 spiro atoms. The number of rotatable bonds is 6.